The highest BCUT2D eigenvalue weighted by molar-refractivity contribution is 5.95. The highest BCUT2D eigenvalue weighted by Gasteiger charge is 2.31. The molecule has 3 heterocycles. The molecule has 0 N–H and O–H groups in total. The molecule has 1 amide bonds. The summed E-state index contributed by atoms with van der Waals surface area (Å²) in [7, 11) is 0. The third kappa shape index (κ3) is 3.41. The number of likely N-dealkylation sites (tertiary alicyclic amines) is 1. The van der Waals surface area contributed by atoms with Gasteiger partial charge >= 0.3 is 0 Å². The molecule has 0 aliphatic carbocycles. The van der Waals surface area contributed by atoms with Crippen molar-refractivity contribution >= 4 is 5.91 Å². The van der Waals surface area contributed by atoms with Gasteiger partial charge in [-0.3, -0.25) is 4.79 Å². The van der Waals surface area contributed by atoms with Gasteiger partial charge in [0.05, 0.1) is 24.9 Å². The van der Waals surface area contributed by atoms with Gasteiger partial charge < -0.3 is 14.4 Å². The van der Waals surface area contributed by atoms with E-state index in [9.17, 15) is 4.79 Å². The van der Waals surface area contributed by atoms with E-state index in [-0.39, 0.29) is 11.9 Å². The van der Waals surface area contributed by atoms with Crippen molar-refractivity contribution in [2.75, 3.05) is 19.8 Å². The topological polar surface area (TPSA) is 82.4 Å². The van der Waals surface area contributed by atoms with Gasteiger partial charge in [0.15, 0.2) is 11.5 Å². The van der Waals surface area contributed by atoms with Crippen LogP contribution < -0.4 is 9.47 Å². The van der Waals surface area contributed by atoms with E-state index in [0.717, 1.165) is 48.6 Å². The minimum Gasteiger partial charge on any atom is -0.490 e. The van der Waals surface area contributed by atoms with Crippen LogP contribution in [0.3, 0.4) is 0 Å². The SMILES string of the molecule is O=C(c1cccc(-n2cnnn2)c1)N1CCCC1c1ccc2c(c1)OCCCO2. The van der Waals surface area contributed by atoms with E-state index in [2.05, 4.69) is 15.5 Å². The van der Waals surface area contributed by atoms with Crippen molar-refractivity contribution < 1.29 is 14.3 Å². The first kappa shape index (κ1) is 17.7. The third-order valence-electron chi connectivity index (χ3n) is 5.38. The molecule has 1 atom stereocenters. The Morgan fingerprint density at radius 3 is 2.79 bits per heavy atom. The molecule has 2 aliphatic rings. The number of amides is 1. The van der Waals surface area contributed by atoms with Crippen molar-refractivity contribution in [3.05, 3.63) is 59.9 Å². The fourth-order valence-corrected chi connectivity index (χ4v) is 3.97. The lowest BCUT2D eigenvalue weighted by atomic mass is 10.0. The Kier molecular flexibility index (Phi) is 4.59. The Balaban J connectivity index is 1.42. The smallest absolute Gasteiger partial charge is 0.254 e. The van der Waals surface area contributed by atoms with Crippen molar-refractivity contribution in [3.63, 3.8) is 0 Å². The maximum atomic E-state index is 13.3. The number of benzene rings is 2. The summed E-state index contributed by atoms with van der Waals surface area (Å²) >= 11 is 0. The summed E-state index contributed by atoms with van der Waals surface area (Å²) in [6, 6.07) is 13.4. The van der Waals surface area contributed by atoms with Gasteiger partial charge in [-0.25, -0.2) is 4.68 Å². The fourth-order valence-electron chi connectivity index (χ4n) is 3.97. The first-order valence-corrected chi connectivity index (χ1v) is 9.83. The first-order valence-electron chi connectivity index (χ1n) is 9.83. The number of hydrogen-bond acceptors (Lipinski definition) is 6. The Hall–Kier alpha value is -3.42. The van der Waals surface area contributed by atoms with Crippen LogP contribution in [0.4, 0.5) is 0 Å². The molecule has 3 aromatic rings. The van der Waals surface area contributed by atoms with Crippen LogP contribution in [-0.2, 0) is 0 Å². The lowest BCUT2D eigenvalue weighted by Crippen LogP contribution is -2.30. The molecule has 1 unspecified atom stereocenters. The highest BCUT2D eigenvalue weighted by Crippen LogP contribution is 2.38. The van der Waals surface area contributed by atoms with Crippen LogP contribution >= 0.6 is 0 Å². The Morgan fingerprint density at radius 1 is 1.03 bits per heavy atom. The quantitative estimate of drug-likeness (QED) is 0.683. The molecule has 148 valence electrons. The fraction of sp³-hybridized carbons (Fsp3) is 0.333. The second kappa shape index (κ2) is 7.54. The highest BCUT2D eigenvalue weighted by atomic mass is 16.5. The van der Waals surface area contributed by atoms with E-state index in [4.69, 9.17) is 9.47 Å². The van der Waals surface area contributed by atoms with E-state index in [0.29, 0.717) is 18.8 Å². The molecule has 8 heteroatoms. The van der Waals surface area contributed by atoms with Crippen LogP contribution in [-0.4, -0.2) is 50.8 Å². The standard InChI is InChI=1S/C21H21N5O3/c27-21(16-4-1-5-17(12-16)26-14-22-23-24-26)25-9-2-6-18(25)15-7-8-19-20(13-15)29-11-3-10-28-19/h1,4-5,7-8,12-14,18H,2-3,6,9-11H2. The van der Waals surface area contributed by atoms with Gasteiger partial charge in [-0.2, -0.15) is 0 Å². The molecular formula is C21H21N5O3. The van der Waals surface area contributed by atoms with E-state index < -0.39 is 0 Å². The molecule has 0 radical (unpaired) electrons. The second-order valence-electron chi connectivity index (χ2n) is 7.22. The zero-order chi connectivity index (χ0) is 19.6. The van der Waals surface area contributed by atoms with Gasteiger partial charge in [0.1, 0.15) is 6.33 Å². The van der Waals surface area contributed by atoms with Gasteiger partial charge in [0, 0.05) is 18.5 Å². The molecule has 1 fully saturated rings. The van der Waals surface area contributed by atoms with E-state index in [1.807, 2.05) is 47.4 Å². The number of ether oxygens (including phenoxy) is 2. The minimum atomic E-state index is 0.00883. The monoisotopic (exact) mass is 391 g/mol. The Bertz CT molecular complexity index is 1020. The largest absolute Gasteiger partial charge is 0.490 e. The van der Waals surface area contributed by atoms with Gasteiger partial charge in [-0.15, -0.1) is 5.10 Å². The predicted octanol–water partition coefficient (Wildman–Crippen LogP) is 2.80. The van der Waals surface area contributed by atoms with E-state index >= 15 is 0 Å². The van der Waals surface area contributed by atoms with Crippen molar-refractivity contribution in [2.45, 2.75) is 25.3 Å². The van der Waals surface area contributed by atoms with Crippen molar-refractivity contribution in [1.82, 2.24) is 25.1 Å². The number of hydrogen-bond donors (Lipinski definition) is 0. The number of aromatic nitrogens is 4. The molecule has 8 nitrogen and oxygen atoms in total. The zero-order valence-corrected chi connectivity index (χ0v) is 15.9. The van der Waals surface area contributed by atoms with Crippen molar-refractivity contribution in [3.8, 4) is 17.2 Å². The van der Waals surface area contributed by atoms with Crippen LogP contribution in [0.15, 0.2) is 48.8 Å². The molecule has 1 saturated heterocycles. The minimum absolute atomic E-state index is 0.00883. The van der Waals surface area contributed by atoms with Crippen LogP contribution in [0.5, 0.6) is 11.5 Å². The van der Waals surface area contributed by atoms with Crippen LogP contribution in [0, 0.1) is 0 Å². The molecule has 0 saturated carbocycles. The summed E-state index contributed by atoms with van der Waals surface area (Å²) in [4.78, 5) is 15.2. The number of tetrazole rings is 1. The summed E-state index contributed by atoms with van der Waals surface area (Å²) < 4.78 is 13.1. The van der Waals surface area contributed by atoms with Crippen LogP contribution in [0.2, 0.25) is 0 Å². The zero-order valence-electron chi connectivity index (χ0n) is 15.9. The van der Waals surface area contributed by atoms with E-state index in [1.54, 1.807) is 4.68 Å². The Morgan fingerprint density at radius 2 is 1.93 bits per heavy atom. The molecule has 2 aliphatic heterocycles. The maximum Gasteiger partial charge on any atom is 0.254 e. The summed E-state index contributed by atoms with van der Waals surface area (Å²) in [5.41, 5.74) is 2.46. The molecule has 0 spiro atoms. The maximum absolute atomic E-state index is 13.3. The molecule has 1 aromatic heterocycles. The number of carbonyl (C=O) groups excluding carboxylic acids is 1. The van der Waals surface area contributed by atoms with Gasteiger partial charge in [-0.1, -0.05) is 12.1 Å². The van der Waals surface area contributed by atoms with Crippen LogP contribution in [0.1, 0.15) is 41.2 Å². The number of rotatable bonds is 3. The number of nitrogens with zero attached hydrogens (tertiary/aromatic N) is 5. The normalized spacial score (nSPS) is 18.5. The molecular weight excluding hydrogens is 370 g/mol. The van der Waals surface area contributed by atoms with Crippen LogP contribution in [0.25, 0.3) is 5.69 Å². The average molecular weight is 391 g/mol. The summed E-state index contributed by atoms with van der Waals surface area (Å²) in [6.45, 7) is 2.04. The second-order valence-corrected chi connectivity index (χ2v) is 7.22. The number of fused-ring (bicyclic) bond motifs is 1. The molecule has 29 heavy (non-hydrogen) atoms. The van der Waals surface area contributed by atoms with Crippen molar-refractivity contribution in [2.24, 2.45) is 0 Å². The van der Waals surface area contributed by atoms with Crippen molar-refractivity contribution in [1.29, 1.82) is 0 Å². The third-order valence-corrected chi connectivity index (χ3v) is 5.38. The first-order chi connectivity index (χ1) is 14.3. The molecule has 5 rings (SSSR count). The predicted molar refractivity (Wildman–Crippen MR) is 104 cm³/mol. The van der Waals surface area contributed by atoms with Gasteiger partial charge in [0.2, 0.25) is 0 Å². The molecule has 2 aromatic carbocycles. The summed E-state index contributed by atoms with van der Waals surface area (Å²) in [5.74, 6) is 1.55. The Labute approximate surface area is 168 Å². The average Bonchev–Trinajstić information content (AvgIpc) is 3.42. The number of carbonyl (C=O) groups is 1. The lowest BCUT2D eigenvalue weighted by Gasteiger charge is -2.26. The van der Waals surface area contributed by atoms with Gasteiger partial charge in [-0.05, 0) is 59.2 Å². The summed E-state index contributed by atoms with van der Waals surface area (Å²) in [6.07, 6.45) is 4.28. The lowest BCUT2D eigenvalue weighted by molar-refractivity contribution is 0.0735. The van der Waals surface area contributed by atoms with Gasteiger partial charge in [0.25, 0.3) is 5.91 Å². The van der Waals surface area contributed by atoms with E-state index in [1.165, 1.54) is 6.33 Å². The molecule has 0 bridgehead atoms. The summed E-state index contributed by atoms with van der Waals surface area (Å²) in [5, 5.41) is 11.2.